The first-order valence-corrected chi connectivity index (χ1v) is 10.3. The minimum Gasteiger partial charge on any atom is -0.383 e. The summed E-state index contributed by atoms with van der Waals surface area (Å²) >= 11 is 0. The van der Waals surface area contributed by atoms with Crippen molar-refractivity contribution in [2.75, 3.05) is 25.6 Å². The number of anilines is 2. The molecule has 4 rings (SSSR count). The van der Waals surface area contributed by atoms with Crippen molar-refractivity contribution in [3.8, 4) is 5.69 Å². The standard InChI is InChI=1S/C25H26N4O2/c1-18-15-22-25(21(27-18)17-26-13-14-31-2)23(30)16-24(28-19-9-5-3-6-10-19)29(22)20-11-7-4-8-12-20/h3-12,15-16,26,28H,13-14,17H2,1-2H3. The monoisotopic (exact) mass is 414 g/mol. The molecule has 2 aromatic carbocycles. The molecule has 0 bridgehead atoms. The highest BCUT2D eigenvalue weighted by Gasteiger charge is 2.16. The number of nitrogens with one attached hydrogen (secondary N) is 2. The summed E-state index contributed by atoms with van der Waals surface area (Å²) < 4.78 is 7.19. The van der Waals surface area contributed by atoms with E-state index >= 15 is 0 Å². The number of fused-ring (bicyclic) bond motifs is 1. The van der Waals surface area contributed by atoms with E-state index in [9.17, 15) is 4.79 Å². The second kappa shape index (κ2) is 9.55. The predicted molar refractivity (Wildman–Crippen MR) is 125 cm³/mol. The van der Waals surface area contributed by atoms with Crippen LogP contribution in [0.5, 0.6) is 0 Å². The second-order valence-corrected chi connectivity index (χ2v) is 7.33. The molecule has 2 N–H and O–H groups in total. The maximum absolute atomic E-state index is 13.2. The van der Waals surface area contributed by atoms with Crippen LogP contribution in [0.1, 0.15) is 11.4 Å². The zero-order valence-electron chi connectivity index (χ0n) is 17.8. The lowest BCUT2D eigenvalue weighted by Crippen LogP contribution is -2.22. The summed E-state index contributed by atoms with van der Waals surface area (Å²) in [4.78, 5) is 17.9. The number of rotatable bonds is 8. The van der Waals surface area contributed by atoms with Gasteiger partial charge in [-0.2, -0.15) is 0 Å². The van der Waals surface area contributed by atoms with Crippen LogP contribution >= 0.6 is 0 Å². The van der Waals surface area contributed by atoms with Gasteiger partial charge in [-0.05, 0) is 37.3 Å². The molecule has 0 saturated heterocycles. The van der Waals surface area contributed by atoms with Gasteiger partial charge < -0.3 is 15.4 Å². The molecule has 0 atom stereocenters. The Bertz CT molecular complexity index is 1220. The Hall–Kier alpha value is -3.48. The number of methoxy groups -OCH3 is 1. The Morgan fingerprint density at radius 3 is 2.42 bits per heavy atom. The van der Waals surface area contributed by atoms with Crippen LogP contribution in [0, 0.1) is 6.92 Å². The first-order valence-electron chi connectivity index (χ1n) is 10.3. The molecule has 0 aliphatic heterocycles. The van der Waals surface area contributed by atoms with E-state index in [1.54, 1.807) is 13.2 Å². The smallest absolute Gasteiger partial charge is 0.193 e. The lowest BCUT2D eigenvalue weighted by atomic mass is 10.1. The molecule has 4 aromatic rings. The van der Waals surface area contributed by atoms with E-state index in [-0.39, 0.29) is 5.43 Å². The van der Waals surface area contributed by atoms with Crippen LogP contribution in [0.2, 0.25) is 0 Å². The van der Waals surface area contributed by atoms with Crippen LogP contribution in [0.4, 0.5) is 11.5 Å². The molecule has 31 heavy (non-hydrogen) atoms. The number of aryl methyl sites for hydroxylation is 1. The van der Waals surface area contributed by atoms with Gasteiger partial charge in [0.25, 0.3) is 0 Å². The minimum atomic E-state index is -0.0587. The Morgan fingerprint density at radius 2 is 1.71 bits per heavy atom. The van der Waals surface area contributed by atoms with Crippen molar-refractivity contribution in [1.29, 1.82) is 0 Å². The highest BCUT2D eigenvalue weighted by Crippen LogP contribution is 2.26. The van der Waals surface area contributed by atoms with Crippen molar-refractivity contribution in [1.82, 2.24) is 14.9 Å². The highest BCUT2D eigenvalue weighted by atomic mass is 16.5. The number of nitrogens with zero attached hydrogens (tertiary/aromatic N) is 2. The average Bonchev–Trinajstić information content (AvgIpc) is 2.77. The predicted octanol–water partition coefficient (Wildman–Crippen LogP) is 4.17. The molecular weight excluding hydrogens is 388 g/mol. The van der Waals surface area contributed by atoms with E-state index in [1.807, 2.05) is 73.7 Å². The fourth-order valence-electron chi connectivity index (χ4n) is 3.68. The van der Waals surface area contributed by atoms with Gasteiger partial charge in [0.1, 0.15) is 5.82 Å². The summed E-state index contributed by atoms with van der Waals surface area (Å²) in [5.41, 5.74) is 4.25. The number of pyridine rings is 2. The summed E-state index contributed by atoms with van der Waals surface area (Å²) in [6.45, 7) is 3.74. The highest BCUT2D eigenvalue weighted by molar-refractivity contribution is 5.86. The second-order valence-electron chi connectivity index (χ2n) is 7.33. The molecule has 0 spiro atoms. The van der Waals surface area contributed by atoms with Crippen LogP contribution < -0.4 is 16.1 Å². The van der Waals surface area contributed by atoms with Crippen molar-refractivity contribution >= 4 is 22.4 Å². The van der Waals surface area contributed by atoms with Crippen molar-refractivity contribution in [3.05, 3.63) is 94.4 Å². The van der Waals surface area contributed by atoms with Gasteiger partial charge in [0.15, 0.2) is 5.43 Å². The van der Waals surface area contributed by atoms with Crippen molar-refractivity contribution in [2.45, 2.75) is 13.5 Å². The van der Waals surface area contributed by atoms with Gasteiger partial charge in [-0.25, -0.2) is 0 Å². The lowest BCUT2D eigenvalue weighted by Gasteiger charge is -2.20. The van der Waals surface area contributed by atoms with Gasteiger partial charge in [-0.3, -0.25) is 14.3 Å². The zero-order valence-corrected chi connectivity index (χ0v) is 17.8. The maximum Gasteiger partial charge on any atom is 0.193 e. The van der Waals surface area contributed by atoms with Crippen LogP contribution in [0.3, 0.4) is 0 Å². The van der Waals surface area contributed by atoms with Crippen LogP contribution in [0.15, 0.2) is 77.6 Å². The molecule has 0 saturated carbocycles. The van der Waals surface area contributed by atoms with Crippen LogP contribution in [-0.2, 0) is 11.3 Å². The zero-order chi connectivity index (χ0) is 21.6. The van der Waals surface area contributed by atoms with Gasteiger partial charge in [-0.1, -0.05) is 36.4 Å². The fourth-order valence-corrected chi connectivity index (χ4v) is 3.68. The van der Waals surface area contributed by atoms with Gasteiger partial charge in [0.2, 0.25) is 0 Å². The van der Waals surface area contributed by atoms with E-state index in [0.29, 0.717) is 30.9 Å². The number of benzene rings is 2. The van der Waals surface area contributed by atoms with Gasteiger partial charge in [0, 0.05) is 43.3 Å². The number of hydrogen-bond acceptors (Lipinski definition) is 5. The van der Waals surface area contributed by atoms with Crippen molar-refractivity contribution in [2.24, 2.45) is 0 Å². The molecule has 0 aliphatic carbocycles. The molecule has 0 fully saturated rings. The lowest BCUT2D eigenvalue weighted by molar-refractivity contribution is 0.199. The molecule has 0 aliphatic rings. The van der Waals surface area contributed by atoms with E-state index in [4.69, 9.17) is 4.74 Å². The summed E-state index contributed by atoms with van der Waals surface area (Å²) in [6.07, 6.45) is 0. The first kappa shape index (κ1) is 20.8. The van der Waals surface area contributed by atoms with Crippen LogP contribution in [-0.4, -0.2) is 29.8 Å². The summed E-state index contributed by atoms with van der Waals surface area (Å²) in [6, 6.07) is 23.5. The molecule has 6 nitrogen and oxygen atoms in total. The van der Waals surface area contributed by atoms with Gasteiger partial charge >= 0.3 is 0 Å². The molecule has 158 valence electrons. The van der Waals surface area contributed by atoms with Crippen LogP contribution in [0.25, 0.3) is 16.6 Å². The molecule has 2 heterocycles. The van der Waals surface area contributed by atoms with E-state index in [1.165, 1.54) is 0 Å². The molecular formula is C25H26N4O2. The summed E-state index contributed by atoms with van der Waals surface area (Å²) in [5.74, 6) is 0.707. The van der Waals surface area contributed by atoms with E-state index < -0.39 is 0 Å². The number of aromatic nitrogens is 2. The number of para-hydroxylation sites is 2. The minimum absolute atomic E-state index is 0.0587. The largest absolute Gasteiger partial charge is 0.383 e. The normalized spacial score (nSPS) is 11.0. The number of ether oxygens (including phenoxy) is 1. The molecule has 0 radical (unpaired) electrons. The third-order valence-corrected chi connectivity index (χ3v) is 5.03. The van der Waals surface area contributed by atoms with Crippen molar-refractivity contribution in [3.63, 3.8) is 0 Å². The first-order chi connectivity index (χ1) is 15.2. The van der Waals surface area contributed by atoms with Crippen molar-refractivity contribution < 1.29 is 4.74 Å². The Kier molecular flexibility index (Phi) is 6.40. The SMILES string of the molecule is COCCNCc1nc(C)cc2c1c(=O)cc(Nc1ccccc1)n2-c1ccccc1. The summed E-state index contributed by atoms with van der Waals surface area (Å²) in [7, 11) is 1.67. The number of hydrogen-bond donors (Lipinski definition) is 2. The Balaban J connectivity index is 1.91. The third kappa shape index (κ3) is 4.66. The van der Waals surface area contributed by atoms with E-state index in [0.717, 1.165) is 28.3 Å². The quantitative estimate of drug-likeness (QED) is 0.424. The Labute approximate surface area is 181 Å². The topological polar surface area (TPSA) is 68.2 Å². The van der Waals surface area contributed by atoms with Gasteiger partial charge in [0.05, 0.1) is 23.2 Å². The molecule has 2 aromatic heterocycles. The molecule has 0 amide bonds. The Morgan fingerprint density at radius 1 is 1.00 bits per heavy atom. The van der Waals surface area contributed by atoms with E-state index in [2.05, 4.69) is 20.2 Å². The summed E-state index contributed by atoms with van der Waals surface area (Å²) in [5, 5.41) is 7.35. The van der Waals surface area contributed by atoms with Gasteiger partial charge in [-0.15, -0.1) is 0 Å². The third-order valence-electron chi connectivity index (χ3n) is 5.03. The fraction of sp³-hybridized carbons (Fsp3) is 0.200. The maximum atomic E-state index is 13.2. The molecule has 0 unspecified atom stereocenters. The average molecular weight is 415 g/mol. The molecule has 6 heteroatoms.